The molecule has 1 aliphatic rings. The van der Waals surface area contributed by atoms with Gasteiger partial charge in [0, 0.05) is 6.04 Å². The van der Waals surface area contributed by atoms with E-state index in [1.54, 1.807) is 0 Å². The van der Waals surface area contributed by atoms with E-state index in [1.807, 2.05) is 35.0 Å². The smallest absolute Gasteiger partial charge is 0.170 e. The van der Waals surface area contributed by atoms with Crippen molar-refractivity contribution in [3.63, 3.8) is 0 Å². The van der Waals surface area contributed by atoms with Gasteiger partial charge in [-0.2, -0.15) is 4.68 Å². The van der Waals surface area contributed by atoms with E-state index < -0.39 is 0 Å². The van der Waals surface area contributed by atoms with Crippen molar-refractivity contribution in [3.05, 3.63) is 36.2 Å². The number of nitrogens with zero attached hydrogens (tertiary/aromatic N) is 5. The predicted molar refractivity (Wildman–Crippen MR) is 82.1 cm³/mol. The Kier molecular flexibility index (Phi) is 4.60. The summed E-state index contributed by atoms with van der Waals surface area (Å²) in [6.07, 6.45) is 8.04. The fourth-order valence-electron chi connectivity index (χ4n) is 3.12. The molecule has 1 aromatic heterocycles. The van der Waals surface area contributed by atoms with Crippen molar-refractivity contribution < 1.29 is 0 Å². The van der Waals surface area contributed by atoms with Crippen LogP contribution in [0.3, 0.4) is 0 Å². The maximum absolute atomic E-state index is 4.21. The van der Waals surface area contributed by atoms with Crippen LogP contribution < -0.4 is 0 Å². The number of hydrogen-bond donors (Lipinski definition) is 0. The molecule has 1 saturated carbocycles. The molecule has 0 atom stereocenters. The lowest BCUT2D eigenvalue weighted by Gasteiger charge is -2.26. The van der Waals surface area contributed by atoms with Crippen LogP contribution in [-0.4, -0.2) is 38.2 Å². The molecule has 1 aliphatic carbocycles. The maximum Gasteiger partial charge on any atom is 0.170 e. The Morgan fingerprint density at radius 1 is 1.10 bits per heavy atom. The van der Waals surface area contributed by atoms with Crippen LogP contribution in [0.4, 0.5) is 0 Å². The van der Waals surface area contributed by atoms with E-state index in [4.69, 9.17) is 0 Å². The molecule has 0 spiro atoms. The Morgan fingerprint density at radius 3 is 2.52 bits per heavy atom. The Hall–Kier alpha value is -1.75. The highest BCUT2D eigenvalue weighted by atomic mass is 15.5. The van der Waals surface area contributed by atoms with Crippen LogP contribution in [0.2, 0.25) is 0 Å². The highest BCUT2D eigenvalue weighted by Gasteiger charge is 2.19. The summed E-state index contributed by atoms with van der Waals surface area (Å²) in [6.45, 7) is 0.798. The minimum Gasteiger partial charge on any atom is -0.296 e. The van der Waals surface area contributed by atoms with Crippen molar-refractivity contribution in [2.24, 2.45) is 0 Å². The van der Waals surface area contributed by atoms with Crippen LogP contribution in [0.25, 0.3) is 5.69 Å². The predicted octanol–water partition coefficient (Wildman–Crippen LogP) is 2.82. The van der Waals surface area contributed by atoms with Gasteiger partial charge in [-0.1, -0.05) is 43.9 Å². The highest BCUT2D eigenvalue weighted by Crippen LogP contribution is 2.22. The normalized spacial score (nSPS) is 17.0. The largest absolute Gasteiger partial charge is 0.296 e. The van der Waals surface area contributed by atoms with Gasteiger partial charge in [0.2, 0.25) is 0 Å². The zero-order chi connectivity index (χ0) is 14.5. The fourth-order valence-corrected chi connectivity index (χ4v) is 3.12. The van der Waals surface area contributed by atoms with Crippen molar-refractivity contribution in [3.8, 4) is 5.69 Å². The molecular formula is C16H23N5. The molecule has 1 aromatic carbocycles. The SMILES string of the molecule is CN(Cc1nnnn1-c1ccccc1)C1CCCCCC1. The molecule has 5 heteroatoms. The molecule has 0 bridgehead atoms. The fraction of sp³-hybridized carbons (Fsp3) is 0.562. The molecule has 21 heavy (non-hydrogen) atoms. The first-order chi connectivity index (χ1) is 10.3. The number of para-hydroxylation sites is 1. The van der Waals surface area contributed by atoms with E-state index in [0.29, 0.717) is 6.04 Å². The van der Waals surface area contributed by atoms with E-state index in [1.165, 1.54) is 38.5 Å². The second-order valence-corrected chi connectivity index (χ2v) is 5.90. The zero-order valence-corrected chi connectivity index (χ0v) is 12.6. The van der Waals surface area contributed by atoms with Crippen LogP contribution in [0.15, 0.2) is 30.3 Å². The molecule has 0 saturated heterocycles. The van der Waals surface area contributed by atoms with Crippen LogP contribution in [0.5, 0.6) is 0 Å². The Balaban J connectivity index is 1.72. The van der Waals surface area contributed by atoms with Crippen molar-refractivity contribution in [2.45, 2.75) is 51.1 Å². The molecule has 2 aromatic rings. The maximum atomic E-state index is 4.21. The van der Waals surface area contributed by atoms with Crippen molar-refractivity contribution in [1.29, 1.82) is 0 Å². The van der Waals surface area contributed by atoms with Gasteiger partial charge in [-0.05, 0) is 42.4 Å². The molecule has 0 aliphatic heterocycles. The quantitative estimate of drug-likeness (QED) is 0.810. The molecular weight excluding hydrogens is 262 g/mol. The zero-order valence-electron chi connectivity index (χ0n) is 12.6. The number of tetrazole rings is 1. The van der Waals surface area contributed by atoms with Crippen molar-refractivity contribution in [1.82, 2.24) is 25.1 Å². The summed E-state index contributed by atoms with van der Waals surface area (Å²) in [7, 11) is 2.19. The first-order valence-corrected chi connectivity index (χ1v) is 7.87. The van der Waals surface area contributed by atoms with E-state index in [0.717, 1.165) is 18.1 Å². The minimum atomic E-state index is 0.661. The Bertz CT molecular complexity index is 543. The molecule has 5 nitrogen and oxygen atoms in total. The third kappa shape index (κ3) is 3.47. The van der Waals surface area contributed by atoms with Gasteiger partial charge in [0.25, 0.3) is 0 Å². The average molecular weight is 285 g/mol. The number of aromatic nitrogens is 4. The average Bonchev–Trinajstić information content (AvgIpc) is 2.81. The van der Waals surface area contributed by atoms with Gasteiger partial charge in [-0.3, -0.25) is 4.90 Å². The summed E-state index contributed by atoms with van der Waals surface area (Å²) in [5.41, 5.74) is 1.02. The summed E-state index contributed by atoms with van der Waals surface area (Å²) in [4.78, 5) is 2.41. The van der Waals surface area contributed by atoms with Gasteiger partial charge in [-0.15, -0.1) is 5.10 Å². The molecule has 3 rings (SSSR count). The van der Waals surface area contributed by atoms with E-state index in [2.05, 4.69) is 27.5 Å². The van der Waals surface area contributed by atoms with Gasteiger partial charge >= 0.3 is 0 Å². The topological polar surface area (TPSA) is 46.8 Å². The minimum absolute atomic E-state index is 0.661. The van der Waals surface area contributed by atoms with Gasteiger partial charge in [0.05, 0.1) is 12.2 Å². The van der Waals surface area contributed by atoms with Crippen LogP contribution in [0.1, 0.15) is 44.3 Å². The first-order valence-electron chi connectivity index (χ1n) is 7.87. The molecule has 0 radical (unpaired) electrons. The lowest BCUT2D eigenvalue weighted by Crippen LogP contribution is -2.31. The Labute approximate surface area is 126 Å². The second-order valence-electron chi connectivity index (χ2n) is 5.90. The third-order valence-corrected chi connectivity index (χ3v) is 4.37. The van der Waals surface area contributed by atoms with Crippen molar-refractivity contribution >= 4 is 0 Å². The number of rotatable bonds is 4. The van der Waals surface area contributed by atoms with Gasteiger partial charge in [0.15, 0.2) is 5.82 Å². The molecule has 112 valence electrons. The van der Waals surface area contributed by atoms with Gasteiger partial charge < -0.3 is 0 Å². The van der Waals surface area contributed by atoms with Crippen LogP contribution >= 0.6 is 0 Å². The standard InChI is InChI=1S/C16H23N5/c1-20(14-9-5-2-3-6-10-14)13-16-17-18-19-21(16)15-11-7-4-8-12-15/h4,7-8,11-12,14H,2-3,5-6,9-10,13H2,1H3. The lowest BCUT2D eigenvalue weighted by atomic mass is 10.1. The molecule has 1 heterocycles. The van der Waals surface area contributed by atoms with Gasteiger partial charge in [-0.25, -0.2) is 0 Å². The summed E-state index contributed by atoms with van der Waals surface area (Å²) >= 11 is 0. The summed E-state index contributed by atoms with van der Waals surface area (Å²) in [5.74, 6) is 0.910. The lowest BCUT2D eigenvalue weighted by molar-refractivity contribution is 0.207. The van der Waals surface area contributed by atoms with E-state index in [-0.39, 0.29) is 0 Å². The highest BCUT2D eigenvalue weighted by molar-refractivity contribution is 5.30. The van der Waals surface area contributed by atoms with Gasteiger partial charge in [0.1, 0.15) is 0 Å². The summed E-state index contributed by atoms with van der Waals surface area (Å²) in [6, 6.07) is 10.8. The second kappa shape index (κ2) is 6.80. The monoisotopic (exact) mass is 285 g/mol. The first kappa shape index (κ1) is 14.2. The summed E-state index contributed by atoms with van der Waals surface area (Å²) in [5, 5.41) is 12.2. The van der Waals surface area contributed by atoms with E-state index in [9.17, 15) is 0 Å². The van der Waals surface area contributed by atoms with Crippen molar-refractivity contribution in [2.75, 3.05) is 7.05 Å². The summed E-state index contributed by atoms with van der Waals surface area (Å²) < 4.78 is 1.84. The number of benzene rings is 1. The van der Waals surface area contributed by atoms with Crippen LogP contribution in [-0.2, 0) is 6.54 Å². The van der Waals surface area contributed by atoms with Crippen LogP contribution in [0, 0.1) is 0 Å². The number of hydrogen-bond acceptors (Lipinski definition) is 4. The molecule has 0 amide bonds. The van der Waals surface area contributed by atoms with E-state index >= 15 is 0 Å². The molecule has 0 unspecified atom stereocenters. The Morgan fingerprint density at radius 2 is 1.81 bits per heavy atom. The third-order valence-electron chi connectivity index (χ3n) is 4.37. The molecule has 0 N–H and O–H groups in total. The molecule has 1 fully saturated rings.